The van der Waals surface area contributed by atoms with E-state index in [-0.39, 0.29) is 25.2 Å². The maximum atomic E-state index is 12.2. The van der Waals surface area contributed by atoms with Gasteiger partial charge in [0.2, 0.25) is 0 Å². The first kappa shape index (κ1) is 43.9. The number of hydrogen-bond acceptors (Lipinski definition) is 5. The van der Waals surface area contributed by atoms with Crippen LogP contribution in [0.25, 0.3) is 0 Å². The number of aliphatic hydroxyl groups excluding tert-OH is 1. The number of aliphatic hydroxyl groups is 1. The number of hydrogen-bond donors (Lipinski definition) is 1. The summed E-state index contributed by atoms with van der Waals surface area (Å²) in [5.41, 5.74) is 0. The minimum Gasteiger partial charge on any atom is -0.462 e. The summed E-state index contributed by atoms with van der Waals surface area (Å²) in [6.45, 7) is 8.81. The Morgan fingerprint density at radius 1 is 0.444 bits per heavy atom. The van der Waals surface area contributed by atoms with Crippen LogP contribution in [-0.2, 0) is 19.1 Å². The SMILES string of the molecule is CC(C)CCCCCCCCCCCCCCCCCCCCC(=O)O[C@@H](CO)COC(=O)CCCCCCCCCC(C)C. The van der Waals surface area contributed by atoms with Crippen LogP contribution in [0.1, 0.15) is 214 Å². The lowest BCUT2D eigenvalue weighted by atomic mass is 10.0. The van der Waals surface area contributed by atoms with E-state index in [1.165, 1.54) is 135 Å². The first-order valence-electron chi connectivity index (χ1n) is 19.8. The highest BCUT2D eigenvalue weighted by molar-refractivity contribution is 5.70. The second kappa shape index (κ2) is 34.2. The van der Waals surface area contributed by atoms with Crippen molar-refractivity contribution in [1.82, 2.24) is 0 Å². The third kappa shape index (κ3) is 35.6. The summed E-state index contributed by atoms with van der Waals surface area (Å²) in [6, 6.07) is 0. The summed E-state index contributed by atoms with van der Waals surface area (Å²) in [7, 11) is 0. The maximum Gasteiger partial charge on any atom is 0.306 e. The van der Waals surface area contributed by atoms with Gasteiger partial charge in [0.15, 0.2) is 6.10 Å². The van der Waals surface area contributed by atoms with Gasteiger partial charge in [-0.15, -0.1) is 0 Å². The van der Waals surface area contributed by atoms with Gasteiger partial charge in [-0.05, 0) is 24.7 Å². The second-order valence-electron chi connectivity index (χ2n) is 14.7. The Bertz CT molecular complexity index is 632. The van der Waals surface area contributed by atoms with Crippen molar-refractivity contribution in [3.05, 3.63) is 0 Å². The standard InChI is InChI=1S/C40H78O5/c1-36(2)30-26-22-18-15-13-11-9-7-5-6-8-10-12-14-16-20-25-29-33-40(43)45-38(34-41)35-44-39(42)32-28-24-21-17-19-23-27-31-37(3)4/h36-38,41H,5-35H2,1-4H3/t38-/m0/s1. The molecule has 1 atom stereocenters. The van der Waals surface area contributed by atoms with Crippen LogP contribution < -0.4 is 0 Å². The highest BCUT2D eigenvalue weighted by Gasteiger charge is 2.16. The molecular weight excluding hydrogens is 560 g/mol. The van der Waals surface area contributed by atoms with E-state index >= 15 is 0 Å². The van der Waals surface area contributed by atoms with Crippen LogP contribution in [0, 0.1) is 11.8 Å². The number of carbonyl (C=O) groups excluding carboxylic acids is 2. The molecule has 0 bridgehead atoms. The number of rotatable bonds is 35. The molecule has 0 heterocycles. The van der Waals surface area contributed by atoms with Gasteiger partial charge >= 0.3 is 11.9 Å². The van der Waals surface area contributed by atoms with E-state index in [4.69, 9.17) is 9.47 Å². The van der Waals surface area contributed by atoms with Gasteiger partial charge in [0.25, 0.3) is 0 Å². The largest absolute Gasteiger partial charge is 0.462 e. The summed E-state index contributed by atoms with van der Waals surface area (Å²) < 4.78 is 10.6. The molecule has 45 heavy (non-hydrogen) atoms. The number of esters is 2. The van der Waals surface area contributed by atoms with Crippen molar-refractivity contribution in [2.24, 2.45) is 11.8 Å². The molecule has 1 N–H and O–H groups in total. The Morgan fingerprint density at radius 3 is 1.04 bits per heavy atom. The third-order valence-corrected chi connectivity index (χ3v) is 9.01. The van der Waals surface area contributed by atoms with Crippen molar-refractivity contribution in [2.45, 2.75) is 220 Å². The molecule has 5 heteroatoms. The number of carbonyl (C=O) groups is 2. The van der Waals surface area contributed by atoms with Gasteiger partial charge in [-0.2, -0.15) is 0 Å². The van der Waals surface area contributed by atoms with Crippen molar-refractivity contribution in [1.29, 1.82) is 0 Å². The van der Waals surface area contributed by atoms with E-state index in [0.717, 1.165) is 50.4 Å². The normalized spacial score (nSPS) is 12.2. The van der Waals surface area contributed by atoms with E-state index in [2.05, 4.69) is 27.7 Å². The minimum atomic E-state index is -0.762. The van der Waals surface area contributed by atoms with Gasteiger partial charge in [0.05, 0.1) is 6.61 Å². The fraction of sp³-hybridized carbons (Fsp3) is 0.950. The average molecular weight is 639 g/mol. The number of ether oxygens (including phenoxy) is 2. The lowest BCUT2D eigenvalue weighted by molar-refractivity contribution is -0.161. The van der Waals surface area contributed by atoms with Gasteiger partial charge in [-0.1, -0.05) is 188 Å². The highest BCUT2D eigenvalue weighted by Crippen LogP contribution is 2.16. The molecule has 0 aliphatic rings. The zero-order valence-electron chi connectivity index (χ0n) is 30.7. The molecule has 0 fully saturated rings. The molecule has 268 valence electrons. The molecule has 0 saturated carbocycles. The van der Waals surface area contributed by atoms with Crippen molar-refractivity contribution in [3.63, 3.8) is 0 Å². The third-order valence-electron chi connectivity index (χ3n) is 9.01. The van der Waals surface area contributed by atoms with Crippen LogP contribution >= 0.6 is 0 Å². The monoisotopic (exact) mass is 639 g/mol. The number of unbranched alkanes of at least 4 members (excludes halogenated alkanes) is 23. The van der Waals surface area contributed by atoms with E-state index in [0.29, 0.717) is 12.8 Å². The molecule has 0 amide bonds. The Kier molecular flexibility index (Phi) is 33.4. The molecule has 0 aromatic heterocycles. The molecule has 0 spiro atoms. The Balaban J connectivity index is 3.46. The predicted molar refractivity (Wildman–Crippen MR) is 191 cm³/mol. The van der Waals surface area contributed by atoms with E-state index in [1.807, 2.05) is 0 Å². The van der Waals surface area contributed by atoms with Crippen LogP contribution in [0.4, 0.5) is 0 Å². The molecule has 0 aromatic carbocycles. The Labute approximate surface area is 280 Å². The van der Waals surface area contributed by atoms with Crippen molar-refractivity contribution in [2.75, 3.05) is 13.2 Å². The van der Waals surface area contributed by atoms with Crippen LogP contribution in [0.3, 0.4) is 0 Å². The topological polar surface area (TPSA) is 72.8 Å². The smallest absolute Gasteiger partial charge is 0.306 e. The fourth-order valence-electron chi connectivity index (χ4n) is 5.98. The first-order chi connectivity index (χ1) is 21.8. The van der Waals surface area contributed by atoms with E-state index in [1.54, 1.807) is 0 Å². The Morgan fingerprint density at radius 2 is 0.733 bits per heavy atom. The van der Waals surface area contributed by atoms with Crippen LogP contribution in [0.15, 0.2) is 0 Å². The van der Waals surface area contributed by atoms with Crippen LogP contribution in [0.2, 0.25) is 0 Å². The highest BCUT2D eigenvalue weighted by atomic mass is 16.6. The fourth-order valence-corrected chi connectivity index (χ4v) is 5.98. The summed E-state index contributed by atoms with van der Waals surface area (Å²) in [5.74, 6) is 1.08. The Hall–Kier alpha value is -1.10. The second-order valence-corrected chi connectivity index (χ2v) is 14.7. The quantitative estimate of drug-likeness (QED) is 0.0552. The zero-order valence-corrected chi connectivity index (χ0v) is 30.7. The van der Waals surface area contributed by atoms with Crippen molar-refractivity contribution < 1.29 is 24.2 Å². The molecule has 5 nitrogen and oxygen atoms in total. The molecular formula is C40H78O5. The summed E-state index contributed by atoms with van der Waals surface area (Å²) in [4.78, 5) is 24.2. The zero-order chi connectivity index (χ0) is 33.2. The molecule has 0 saturated heterocycles. The van der Waals surface area contributed by atoms with E-state index in [9.17, 15) is 14.7 Å². The van der Waals surface area contributed by atoms with E-state index < -0.39 is 6.10 Å². The van der Waals surface area contributed by atoms with Gasteiger partial charge in [0.1, 0.15) is 6.61 Å². The molecule has 0 unspecified atom stereocenters. The molecule has 0 aliphatic carbocycles. The first-order valence-corrected chi connectivity index (χ1v) is 19.8. The lowest BCUT2D eigenvalue weighted by Crippen LogP contribution is -2.28. The maximum absolute atomic E-state index is 12.2. The van der Waals surface area contributed by atoms with Crippen LogP contribution in [-0.4, -0.2) is 36.4 Å². The van der Waals surface area contributed by atoms with Crippen molar-refractivity contribution in [3.8, 4) is 0 Å². The minimum absolute atomic E-state index is 0.0598. The van der Waals surface area contributed by atoms with Gasteiger partial charge in [-0.3, -0.25) is 9.59 Å². The lowest BCUT2D eigenvalue weighted by Gasteiger charge is -2.15. The molecule has 0 rings (SSSR count). The summed E-state index contributed by atoms with van der Waals surface area (Å²) >= 11 is 0. The van der Waals surface area contributed by atoms with Crippen molar-refractivity contribution >= 4 is 11.9 Å². The van der Waals surface area contributed by atoms with Crippen LogP contribution in [0.5, 0.6) is 0 Å². The predicted octanol–water partition coefficient (Wildman–Crippen LogP) is 12.1. The summed E-state index contributed by atoms with van der Waals surface area (Å²) in [5, 5.41) is 9.53. The molecule has 0 aliphatic heterocycles. The van der Waals surface area contributed by atoms with Gasteiger partial charge < -0.3 is 14.6 Å². The average Bonchev–Trinajstić information content (AvgIpc) is 3.00. The summed E-state index contributed by atoms with van der Waals surface area (Å²) in [6.07, 6.45) is 34.7. The molecule has 0 aromatic rings. The van der Waals surface area contributed by atoms with Gasteiger partial charge in [-0.25, -0.2) is 0 Å². The van der Waals surface area contributed by atoms with Gasteiger partial charge in [0, 0.05) is 12.8 Å². The molecule has 0 radical (unpaired) electrons.